The summed E-state index contributed by atoms with van der Waals surface area (Å²) in [6.07, 6.45) is 1.31. The Kier molecular flexibility index (Phi) is 6.80. The first-order valence-corrected chi connectivity index (χ1v) is 9.96. The zero-order valence-corrected chi connectivity index (χ0v) is 17.1. The third kappa shape index (κ3) is 5.22. The van der Waals surface area contributed by atoms with E-state index in [1.165, 1.54) is 41.3 Å². The highest BCUT2D eigenvalue weighted by Gasteiger charge is 2.32. The minimum absolute atomic E-state index is 0.00705. The van der Waals surface area contributed by atoms with Crippen molar-refractivity contribution in [2.45, 2.75) is 6.42 Å². The van der Waals surface area contributed by atoms with E-state index in [9.17, 15) is 23.9 Å². The van der Waals surface area contributed by atoms with Gasteiger partial charge in [-0.05, 0) is 30.3 Å². The third-order valence-electron chi connectivity index (χ3n) is 4.05. The summed E-state index contributed by atoms with van der Waals surface area (Å²) < 4.78 is 14.1. The number of thiocarbonyl (C=S) groups is 1. The minimum atomic E-state index is -0.599. The number of hydrogen-bond donors (Lipinski definition) is 3. The number of aromatic hydroxyl groups is 1. The normalized spacial score (nSPS) is 14.8. The molecule has 7 nitrogen and oxygen atoms in total. The van der Waals surface area contributed by atoms with Gasteiger partial charge >= 0.3 is 0 Å². The lowest BCUT2D eigenvalue weighted by Gasteiger charge is -2.14. The smallest absolute Gasteiger partial charge is 0.269 e. The topological polar surface area (TPSA) is 98.7 Å². The highest BCUT2D eigenvalue weighted by Crippen LogP contribution is 2.32. The second kappa shape index (κ2) is 9.51. The summed E-state index contributed by atoms with van der Waals surface area (Å²) >= 11 is 6.22. The number of nitrogens with one attached hydrogen (secondary N) is 2. The van der Waals surface area contributed by atoms with Crippen LogP contribution in [-0.2, 0) is 9.59 Å². The molecule has 0 spiro atoms. The fraction of sp³-hybridized carbons (Fsp3) is 0.100. The highest BCUT2D eigenvalue weighted by atomic mass is 32.2. The lowest BCUT2D eigenvalue weighted by molar-refractivity contribution is -0.124. The Labute approximate surface area is 180 Å². The van der Waals surface area contributed by atoms with Crippen molar-refractivity contribution in [2.24, 2.45) is 0 Å². The van der Waals surface area contributed by atoms with Crippen molar-refractivity contribution >= 4 is 52.1 Å². The molecule has 0 atom stereocenters. The molecule has 0 unspecified atom stereocenters. The van der Waals surface area contributed by atoms with Crippen molar-refractivity contribution in [3.63, 3.8) is 0 Å². The van der Waals surface area contributed by atoms with E-state index in [1.807, 2.05) is 0 Å². The van der Waals surface area contributed by atoms with E-state index in [2.05, 4.69) is 10.9 Å². The van der Waals surface area contributed by atoms with Gasteiger partial charge in [-0.25, -0.2) is 4.39 Å². The summed E-state index contributed by atoms with van der Waals surface area (Å²) in [4.78, 5) is 38.0. The Bertz CT molecular complexity index is 1060. The van der Waals surface area contributed by atoms with Gasteiger partial charge in [-0.15, -0.1) is 0 Å². The molecule has 0 bridgehead atoms. The maximum Gasteiger partial charge on any atom is 0.269 e. The molecule has 154 valence electrons. The first-order chi connectivity index (χ1) is 14.3. The summed E-state index contributed by atoms with van der Waals surface area (Å²) in [5, 5.41) is 9.38. The summed E-state index contributed by atoms with van der Waals surface area (Å²) in [5.74, 6) is -2.07. The molecular weight excluding hydrogens is 429 g/mol. The molecule has 3 N–H and O–H groups in total. The quantitative estimate of drug-likeness (QED) is 0.372. The molecule has 1 fully saturated rings. The van der Waals surface area contributed by atoms with Crippen LogP contribution in [0.1, 0.15) is 22.3 Å². The zero-order valence-electron chi connectivity index (χ0n) is 15.4. The Morgan fingerprint density at radius 1 is 1.17 bits per heavy atom. The molecule has 0 radical (unpaired) electrons. The van der Waals surface area contributed by atoms with Crippen LogP contribution in [0.15, 0.2) is 53.4 Å². The number of benzene rings is 2. The van der Waals surface area contributed by atoms with Gasteiger partial charge in [0.15, 0.2) is 0 Å². The Morgan fingerprint density at radius 3 is 2.67 bits per heavy atom. The molecular formula is C20H16FN3O4S2. The standard InChI is InChI=1S/C20H16FN3O4S2/c21-15-7-2-1-4-12(15)11-16-19(28)24(20(29)30-16)9-8-17(26)22-23-18(27)13-5-3-6-14(25)10-13/h1-7,10-11,25H,8-9H2,(H,22,26)(H,23,27)/b16-11+. The van der Waals surface area contributed by atoms with Gasteiger partial charge in [-0.3, -0.25) is 30.1 Å². The number of rotatable bonds is 5. The van der Waals surface area contributed by atoms with Gasteiger partial charge in [-0.1, -0.05) is 48.2 Å². The van der Waals surface area contributed by atoms with E-state index in [0.717, 1.165) is 11.8 Å². The summed E-state index contributed by atoms with van der Waals surface area (Å²) in [6, 6.07) is 11.7. The summed E-state index contributed by atoms with van der Waals surface area (Å²) in [5.41, 5.74) is 4.91. The molecule has 0 aliphatic carbocycles. The molecule has 3 rings (SSSR count). The maximum atomic E-state index is 13.8. The van der Waals surface area contributed by atoms with Gasteiger partial charge < -0.3 is 5.11 Å². The number of hydrogen-bond acceptors (Lipinski definition) is 6. The predicted molar refractivity (Wildman–Crippen MR) is 115 cm³/mol. The van der Waals surface area contributed by atoms with E-state index in [0.29, 0.717) is 0 Å². The summed E-state index contributed by atoms with van der Waals surface area (Å²) in [6.45, 7) is 0.00705. The van der Waals surface area contributed by atoms with Gasteiger partial charge in [0, 0.05) is 24.1 Å². The van der Waals surface area contributed by atoms with Gasteiger partial charge in [0.2, 0.25) is 5.91 Å². The lowest BCUT2D eigenvalue weighted by Crippen LogP contribution is -2.43. The molecule has 1 saturated heterocycles. The number of nitrogens with zero attached hydrogens (tertiary/aromatic N) is 1. The van der Waals surface area contributed by atoms with Crippen molar-refractivity contribution in [2.75, 3.05) is 6.54 Å². The molecule has 1 aliphatic heterocycles. The first kappa shape index (κ1) is 21.5. The van der Waals surface area contributed by atoms with Crippen LogP contribution in [0.4, 0.5) is 4.39 Å². The van der Waals surface area contributed by atoms with E-state index in [1.54, 1.807) is 18.2 Å². The molecule has 10 heteroatoms. The van der Waals surface area contributed by atoms with E-state index >= 15 is 0 Å². The maximum absolute atomic E-state index is 13.8. The van der Waals surface area contributed by atoms with Crippen molar-refractivity contribution in [3.05, 3.63) is 70.4 Å². The molecule has 30 heavy (non-hydrogen) atoms. The molecule has 1 heterocycles. The van der Waals surface area contributed by atoms with Crippen LogP contribution >= 0.6 is 24.0 Å². The summed E-state index contributed by atoms with van der Waals surface area (Å²) in [7, 11) is 0. The van der Waals surface area contributed by atoms with Crippen molar-refractivity contribution < 1.29 is 23.9 Å². The van der Waals surface area contributed by atoms with Crippen molar-refractivity contribution in [3.8, 4) is 5.75 Å². The number of halogens is 1. The molecule has 2 aromatic rings. The number of hydrazine groups is 1. The molecule has 1 aliphatic rings. The Morgan fingerprint density at radius 2 is 1.93 bits per heavy atom. The van der Waals surface area contributed by atoms with Crippen molar-refractivity contribution in [1.82, 2.24) is 15.8 Å². The largest absolute Gasteiger partial charge is 0.508 e. The fourth-order valence-electron chi connectivity index (χ4n) is 2.55. The van der Waals surface area contributed by atoms with Gasteiger partial charge in [-0.2, -0.15) is 0 Å². The number of carbonyl (C=O) groups excluding carboxylic acids is 3. The fourth-order valence-corrected chi connectivity index (χ4v) is 3.85. The number of phenolic OH excluding ortho intramolecular Hbond substituents is 1. The second-order valence-electron chi connectivity index (χ2n) is 6.16. The molecule has 0 aromatic heterocycles. The second-order valence-corrected chi connectivity index (χ2v) is 7.83. The van der Waals surface area contributed by atoms with Crippen LogP contribution in [0.5, 0.6) is 5.75 Å². The molecule has 2 aromatic carbocycles. The van der Waals surface area contributed by atoms with Gasteiger partial charge in [0.05, 0.1) is 4.91 Å². The lowest BCUT2D eigenvalue weighted by atomic mass is 10.2. The molecule has 3 amide bonds. The number of thioether (sulfide) groups is 1. The third-order valence-corrected chi connectivity index (χ3v) is 5.43. The number of phenols is 1. The van der Waals surface area contributed by atoms with Crippen LogP contribution < -0.4 is 10.9 Å². The van der Waals surface area contributed by atoms with E-state index < -0.39 is 23.5 Å². The number of carbonyl (C=O) groups is 3. The average molecular weight is 445 g/mol. The van der Waals surface area contributed by atoms with Crippen LogP contribution in [0.3, 0.4) is 0 Å². The Balaban J connectivity index is 1.53. The minimum Gasteiger partial charge on any atom is -0.508 e. The SMILES string of the molecule is O=C(CCN1C(=O)/C(=C\c2ccccc2F)SC1=S)NNC(=O)c1cccc(O)c1. The van der Waals surface area contributed by atoms with E-state index in [-0.39, 0.29) is 39.1 Å². The van der Waals surface area contributed by atoms with Crippen LogP contribution in [0.2, 0.25) is 0 Å². The highest BCUT2D eigenvalue weighted by molar-refractivity contribution is 8.26. The molecule has 0 saturated carbocycles. The van der Waals surface area contributed by atoms with Crippen LogP contribution in [0, 0.1) is 5.82 Å². The van der Waals surface area contributed by atoms with Crippen molar-refractivity contribution in [1.29, 1.82) is 0 Å². The Hall–Kier alpha value is -3.24. The predicted octanol–water partition coefficient (Wildman–Crippen LogP) is 2.58. The zero-order chi connectivity index (χ0) is 21.7. The number of amides is 3. The first-order valence-electron chi connectivity index (χ1n) is 8.73. The van der Waals surface area contributed by atoms with Crippen LogP contribution in [0.25, 0.3) is 6.08 Å². The van der Waals surface area contributed by atoms with E-state index in [4.69, 9.17) is 12.2 Å². The average Bonchev–Trinajstić information content (AvgIpc) is 2.99. The van der Waals surface area contributed by atoms with Gasteiger partial charge in [0.1, 0.15) is 15.9 Å². The van der Waals surface area contributed by atoms with Crippen LogP contribution in [-0.4, -0.2) is 38.6 Å². The monoisotopic (exact) mass is 445 g/mol. The van der Waals surface area contributed by atoms with Gasteiger partial charge in [0.25, 0.3) is 11.8 Å².